The van der Waals surface area contributed by atoms with Crippen molar-refractivity contribution < 1.29 is 9.53 Å². The molecule has 0 aliphatic carbocycles. The van der Waals surface area contributed by atoms with Crippen LogP contribution in [0.1, 0.15) is 38.2 Å². The molecule has 1 aliphatic rings. The van der Waals surface area contributed by atoms with Crippen molar-refractivity contribution in [3.05, 3.63) is 28.2 Å². The van der Waals surface area contributed by atoms with Gasteiger partial charge in [0.2, 0.25) is 0 Å². The minimum absolute atomic E-state index is 0.0765. The number of rotatable bonds is 4. The van der Waals surface area contributed by atoms with Crippen LogP contribution in [0.2, 0.25) is 0 Å². The molecule has 6 heteroatoms. The monoisotopic (exact) mass is 293 g/mol. The van der Waals surface area contributed by atoms with E-state index < -0.39 is 0 Å². The molecule has 6 nitrogen and oxygen atoms in total. The van der Waals surface area contributed by atoms with Crippen molar-refractivity contribution in [2.24, 2.45) is 5.41 Å². The van der Waals surface area contributed by atoms with Crippen LogP contribution in [-0.2, 0) is 11.3 Å². The number of aromatic nitrogens is 2. The van der Waals surface area contributed by atoms with Gasteiger partial charge < -0.3 is 9.64 Å². The third-order valence-electron chi connectivity index (χ3n) is 4.72. The summed E-state index contributed by atoms with van der Waals surface area (Å²) in [5, 5.41) is 4.16. The van der Waals surface area contributed by atoms with Gasteiger partial charge in [0.1, 0.15) is 5.69 Å². The number of methoxy groups -OCH3 is 1. The Morgan fingerprint density at radius 3 is 2.52 bits per heavy atom. The first-order valence-electron chi connectivity index (χ1n) is 7.10. The van der Waals surface area contributed by atoms with Crippen LogP contribution >= 0.6 is 0 Å². The van der Waals surface area contributed by atoms with E-state index in [1.54, 1.807) is 12.0 Å². The lowest BCUT2D eigenvalue weighted by atomic mass is 9.65. The molecule has 2 rings (SSSR count). The maximum absolute atomic E-state index is 12.6. The van der Waals surface area contributed by atoms with Gasteiger partial charge in [-0.1, -0.05) is 13.8 Å². The van der Waals surface area contributed by atoms with Crippen molar-refractivity contribution in [1.82, 2.24) is 14.7 Å². The zero-order valence-electron chi connectivity index (χ0n) is 13.3. The van der Waals surface area contributed by atoms with Crippen molar-refractivity contribution in [3.8, 4) is 0 Å². The van der Waals surface area contributed by atoms with Crippen LogP contribution in [0.15, 0.2) is 16.9 Å². The molecular weight excluding hydrogens is 270 g/mol. The Kier molecular flexibility index (Phi) is 3.93. The van der Waals surface area contributed by atoms with E-state index >= 15 is 0 Å². The van der Waals surface area contributed by atoms with Crippen LogP contribution in [0.3, 0.4) is 0 Å². The predicted octanol–water partition coefficient (Wildman–Crippen LogP) is 1.15. The second kappa shape index (κ2) is 5.26. The number of amides is 1. The number of carbonyl (C=O) groups is 1. The highest BCUT2D eigenvalue weighted by molar-refractivity contribution is 5.93. The fourth-order valence-electron chi connectivity index (χ4n) is 2.43. The highest BCUT2D eigenvalue weighted by Gasteiger charge is 2.54. The third kappa shape index (κ3) is 2.60. The first kappa shape index (κ1) is 15.7. The Bertz CT molecular complexity index is 604. The second-order valence-corrected chi connectivity index (χ2v) is 6.61. The average molecular weight is 293 g/mol. The largest absolute Gasteiger partial charge is 0.383 e. The van der Waals surface area contributed by atoms with E-state index in [4.69, 9.17) is 4.74 Å². The van der Waals surface area contributed by atoms with Crippen LogP contribution in [-0.4, -0.2) is 46.4 Å². The van der Waals surface area contributed by atoms with Gasteiger partial charge in [-0.05, 0) is 19.9 Å². The first-order valence-corrected chi connectivity index (χ1v) is 7.10. The third-order valence-corrected chi connectivity index (χ3v) is 4.72. The predicted molar refractivity (Wildman–Crippen MR) is 79.3 cm³/mol. The number of hydrogen-bond donors (Lipinski definition) is 0. The number of likely N-dealkylation sites (tertiary alicyclic amines) is 1. The molecule has 0 unspecified atom stereocenters. The summed E-state index contributed by atoms with van der Waals surface area (Å²) in [4.78, 5) is 26.1. The van der Waals surface area contributed by atoms with E-state index in [2.05, 4.69) is 32.8 Å². The van der Waals surface area contributed by atoms with E-state index in [-0.39, 0.29) is 22.4 Å². The first-order chi connectivity index (χ1) is 9.70. The number of nitrogens with zero attached hydrogens (tertiary/aromatic N) is 3. The smallest absolute Gasteiger partial charge is 0.274 e. The van der Waals surface area contributed by atoms with Crippen molar-refractivity contribution in [2.75, 3.05) is 20.3 Å². The molecule has 2 heterocycles. The molecule has 1 aliphatic heterocycles. The Balaban J connectivity index is 2.23. The summed E-state index contributed by atoms with van der Waals surface area (Å²) in [7, 11) is 1.56. The van der Waals surface area contributed by atoms with Gasteiger partial charge in [-0.3, -0.25) is 9.59 Å². The number of hydrogen-bond acceptors (Lipinski definition) is 4. The summed E-state index contributed by atoms with van der Waals surface area (Å²) in [6.07, 6.45) is 0. The minimum atomic E-state index is -0.230. The zero-order chi connectivity index (χ0) is 15.8. The van der Waals surface area contributed by atoms with Crippen molar-refractivity contribution in [2.45, 2.75) is 39.8 Å². The van der Waals surface area contributed by atoms with E-state index in [1.807, 2.05) is 0 Å². The van der Waals surface area contributed by atoms with E-state index in [0.29, 0.717) is 25.4 Å². The summed E-state index contributed by atoms with van der Waals surface area (Å²) in [5.74, 6) is -0.134. The van der Waals surface area contributed by atoms with Crippen molar-refractivity contribution in [3.63, 3.8) is 0 Å². The second-order valence-electron chi connectivity index (χ2n) is 6.61. The van der Waals surface area contributed by atoms with Gasteiger partial charge in [0, 0.05) is 30.7 Å². The Morgan fingerprint density at radius 1 is 1.33 bits per heavy atom. The summed E-state index contributed by atoms with van der Waals surface area (Å²) >= 11 is 0. The van der Waals surface area contributed by atoms with Gasteiger partial charge in [-0.25, -0.2) is 4.68 Å². The SMILES string of the molecule is COCCn1nc(C(=O)N2CC(C)(C)C2(C)C)ccc1=O. The van der Waals surface area contributed by atoms with Gasteiger partial charge in [0.15, 0.2) is 0 Å². The molecule has 0 aromatic carbocycles. The van der Waals surface area contributed by atoms with Crippen LogP contribution in [0.25, 0.3) is 0 Å². The lowest BCUT2D eigenvalue weighted by Crippen LogP contribution is -2.70. The van der Waals surface area contributed by atoms with Crippen LogP contribution in [0, 0.1) is 5.41 Å². The van der Waals surface area contributed by atoms with Crippen LogP contribution in [0.4, 0.5) is 0 Å². The number of carbonyl (C=O) groups excluding carboxylic acids is 1. The summed E-state index contributed by atoms with van der Waals surface area (Å²) < 4.78 is 6.22. The quantitative estimate of drug-likeness (QED) is 0.835. The average Bonchev–Trinajstić information content (AvgIpc) is 2.43. The molecule has 1 saturated heterocycles. The van der Waals surface area contributed by atoms with Gasteiger partial charge in [-0.2, -0.15) is 5.10 Å². The van der Waals surface area contributed by atoms with E-state index in [0.717, 1.165) is 0 Å². The zero-order valence-corrected chi connectivity index (χ0v) is 13.3. The fourth-order valence-corrected chi connectivity index (χ4v) is 2.43. The topological polar surface area (TPSA) is 64.4 Å². The molecular formula is C15H23N3O3. The molecule has 0 N–H and O–H groups in total. The maximum Gasteiger partial charge on any atom is 0.274 e. The molecule has 0 spiro atoms. The lowest BCUT2D eigenvalue weighted by molar-refractivity contribution is -0.0885. The van der Waals surface area contributed by atoms with Gasteiger partial charge in [0.25, 0.3) is 11.5 Å². The van der Waals surface area contributed by atoms with Crippen LogP contribution in [0.5, 0.6) is 0 Å². The molecule has 0 saturated carbocycles. The van der Waals surface area contributed by atoms with Gasteiger partial charge in [0.05, 0.1) is 13.2 Å². The highest BCUT2D eigenvalue weighted by atomic mass is 16.5. The van der Waals surface area contributed by atoms with Gasteiger partial charge >= 0.3 is 0 Å². The molecule has 0 atom stereocenters. The van der Waals surface area contributed by atoms with E-state index in [9.17, 15) is 9.59 Å². The molecule has 0 bridgehead atoms. The summed E-state index contributed by atoms with van der Waals surface area (Å²) in [6.45, 7) is 9.80. The highest BCUT2D eigenvalue weighted by Crippen LogP contribution is 2.46. The molecule has 1 amide bonds. The van der Waals surface area contributed by atoms with Crippen molar-refractivity contribution in [1.29, 1.82) is 0 Å². The van der Waals surface area contributed by atoms with Gasteiger partial charge in [-0.15, -0.1) is 0 Å². The molecule has 0 radical (unpaired) electrons. The fraction of sp³-hybridized carbons (Fsp3) is 0.667. The number of ether oxygens (including phenoxy) is 1. The molecule has 1 fully saturated rings. The molecule has 1 aromatic heterocycles. The summed E-state index contributed by atoms with van der Waals surface area (Å²) in [6, 6.07) is 2.88. The Hall–Kier alpha value is -1.69. The van der Waals surface area contributed by atoms with E-state index in [1.165, 1.54) is 16.8 Å². The minimum Gasteiger partial charge on any atom is -0.383 e. The Morgan fingerprint density at radius 2 is 2.00 bits per heavy atom. The lowest BCUT2D eigenvalue weighted by Gasteiger charge is -2.61. The molecule has 1 aromatic rings. The maximum atomic E-state index is 12.6. The van der Waals surface area contributed by atoms with Crippen molar-refractivity contribution >= 4 is 5.91 Å². The molecule has 21 heavy (non-hydrogen) atoms. The molecule has 116 valence electrons. The normalized spacial score (nSPS) is 19.2. The standard InChI is InChI=1S/C15H23N3O3/c1-14(2)10-17(15(14,3)4)13(20)11-6-7-12(19)18(16-11)8-9-21-5/h6-7H,8-10H2,1-5H3. The summed E-state index contributed by atoms with van der Waals surface area (Å²) in [5.41, 5.74) is -0.0760. The van der Waals surface area contributed by atoms with Crippen LogP contribution < -0.4 is 5.56 Å². The Labute approximate surface area is 124 Å².